The summed E-state index contributed by atoms with van der Waals surface area (Å²) >= 11 is 0. The Labute approximate surface area is 117 Å². The van der Waals surface area contributed by atoms with Gasteiger partial charge in [-0.1, -0.05) is 5.11 Å². The highest BCUT2D eigenvalue weighted by Gasteiger charge is 2.40. The van der Waals surface area contributed by atoms with Crippen LogP contribution < -0.4 is 11.2 Å². The normalized spacial score (nSPS) is 16.6. The summed E-state index contributed by atoms with van der Waals surface area (Å²) in [5.74, 6) is 0. The first-order valence-electron chi connectivity index (χ1n) is 5.78. The zero-order valence-corrected chi connectivity index (χ0v) is 11.0. The minimum absolute atomic E-state index is 0.628. The first-order chi connectivity index (χ1) is 9.90. The summed E-state index contributed by atoms with van der Waals surface area (Å²) in [7, 11) is 0. The van der Waals surface area contributed by atoms with Crippen LogP contribution >= 0.6 is 0 Å². The molecule has 2 unspecified atom stereocenters. The van der Waals surface area contributed by atoms with E-state index in [1.54, 1.807) is 0 Å². The Morgan fingerprint density at radius 3 is 2.81 bits per heavy atom. The molecule has 0 aliphatic heterocycles. The first kappa shape index (κ1) is 16.9. The van der Waals surface area contributed by atoms with E-state index in [9.17, 15) is 24.2 Å². The molecule has 11 heteroatoms. The summed E-state index contributed by atoms with van der Waals surface area (Å²) in [6.07, 6.45) is -2.05. The second-order valence-electron chi connectivity index (χ2n) is 4.17. The van der Waals surface area contributed by atoms with E-state index in [0.717, 1.165) is 16.8 Å². The lowest BCUT2D eigenvalue weighted by Crippen LogP contribution is -2.51. The maximum atomic E-state index is 13.2. The second kappa shape index (κ2) is 6.99. The van der Waals surface area contributed by atoms with Crippen LogP contribution in [-0.4, -0.2) is 44.9 Å². The van der Waals surface area contributed by atoms with Gasteiger partial charge in [-0.3, -0.25) is 14.3 Å². The molecule has 3 N–H and O–H groups in total. The standard InChI is InChI=1S/C10H14FN5O5/c1-6(16-3-2-7(18)13-9(16)20)21-10(4-11,5-17)8(19)14-15-12/h2-3,6,8,17,19H,4-5H2,1H3,(H,13,18,20)/t6-,8?,10?/m1/s1. The number of aromatic amines is 1. The summed E-state index contributed by atoms with van der Waals surface area (Å²) in [6.45, 7) is -1.04. The third-order valence-corrected chi connectivity index (χ3v) is 2.77. The Kier molecular flexibility index (Phi) is 5.61. The minimum atomic E-state index is -2.22. The number of aliphatic hydroxyl groups excluding tert-OH is 2. The third kappa shape index (κ3) is 3.67. The van der Waals surface area contributed by atoms with E-state index < -0.39 is 42.6 Å². The topological polar surface area (TPSA) is 153 Å². The van der Waals surface area contributed by atoms with Crippen molar-refractivity contribution in [1.82, 2.24) is 9.55 Å². The molecule has 0 fully saturated rings. The van der Waals surface area contributed by atoms with Crippen LogP contribution in [-0.2, 0) is 4.74 Å². The van der Waals surface area contributed by atoms with Crippen LogP contribution in [0.2, 0.25) is 0 Å². The Balaban J connectivity index is 3.11. The highest BCUT2D eigenvalue weighted by Crippen LogP contribution is 2.24. The number of aliphatic hydroxyl groups is 2. The van der Waals surface area contributed by atoms with Crippen molar-refractivity contribution in [2.24, 2.45) is 5.11 Å². The molecule has 116 valence electrons. The SMILES string of the molecule is C[C@@H](OC(CO)(CF)C(O)N=[N+]=[N-])n1ccc(=O)[nH]c1=O. The Hall–Kier alpha value is -2.20. The number of nitrogens with zero attached hydrogens (tertiary/aromatic N) is 4. The van der Waals surface area contributed by atoms with Crippen molar-refractivity contribution < 1.29 is 19.3 Å². The largest absolute Gasteiger partial charge is 0.393 e. The highest BCUT2D eigenvalue weighted by atomic mass is 19.1. The quantitative estimate of drug-likeness (QED) is 0.348. The molecule has 0 radical (unpaired) electrons. The molecule has 0 saturated carbocycles. The van der Waals surface area contributed by atoms with E-state index in [0.29, 0.717) is 0 Å². The number of ether oxygens (including phenoxy) is 1. The number of aromatic nitrogens is 2. The highest BCUT2D eigenvalue weighted by molar-refractivity contribution is 4.89. The number of azide groups is 1. The molecule has 0 aliphatic carbocycles. The van der Waals surface area contributed by atoms with Gasteiger partial charge in [0.15, 0.2) is 11.8 Å². The number of H-pyrrole nitrogens is 1. The van der Waals surface area contributed by atoms with Gasteiger partial charge in [0.1, 0.15) is 12.9 Å². The van der Waals surface area contributed by atoms with Crippen molar-refractivity contribution >= 4 is 0 Å². The van der Waals surface area contributed by atoms with E-state index >= 15 is 0 Å². The number of alkyl halides is 1. The lowest BCUT2D eigenvalue weighted by molar-refractivity contribution is -0.198. The Morgan fingerprint density at radius 1 is 1.67 bits per heavy atom. The monoisotopic (exact) mass is 303 g/mol. The maximum absolute atomic E-state index is 13.2. The molecule has 0 amide bonds. The predicted octanol–water partition coefficient (Wildman–Crippen LogP) is -0.599. The van der Waals surface area contributed by atoms with Gasteiger partial charge in [0, 0.05) is 17.2 Å². The summed E-state index contributed by atoms with van der Waals surface area (Å²) in [4.78, 5) is 26.8. The van der Waals surface area contributed by atoms with Gasteiger partial charge in [-0.05, 0) is 12.5 Å². The summed E-state index contributed by atoms with van der Waals surface area (Å²) in [6, 6.07) is 1.04. The van der Waals surface area contributed by atoms with Crippen molar-refractivity contribution in [2.45, 2.75) is 25.0 Å². The third-order valence-electron chi connectivity index (χ3n) is 2.77. The average molecular weight is 303 g/mol. The maximum Gasteiger partial charge on any atom is 0.330 e. The summed E-state index contributed by atoms with van der Waals surface area (Å²) < 4.78 is 19.2. The van der Waals surface area contributed by atoms with Crippen molar-refractivity contribution in [3.63, 3.8) is 0 Å². The van der Waals surface area contributed by atoms with Gasteiger partial charge in [0.25, 0.3) is 5.56 Å². The average Bonchev–Trinajstić information content (AvgIpc) is 2.44. The number of rotatable bonds is 7. The Bertz CT molecular complexity index is 633. The fourth-order valence-electron chi connectivity index (χ4n) is 1.59. The molecular weight excluding hydrogens is 289 g/mol. The number of halogens is 1. The lowest BCUT2D eigenvalue weighted by Gasteiger charge is -2.34. The molecule has 1 aromatic heterocycles. The predicted molar refractivity (Wildman–Crippen MR) is 68.1 cm³/mol. The van der Waals surface area contributed by atoms with Crippen LogP contribution in [0, 0.1) is 0 Å². The van der Waals surface area contributed by atoms with E-state index in [2.05, 4.69) is 10.0 Å². The van der Waals surface area contributed by atoms with Gasteiger partial charge in [-0.2, -0.15) is 0 Å². The van der Waals surface area contributed by atoms with Crippen LogP contribution in [0.15, 0.2) is 27.0 Å². The summed E-state index contributed by atoms with van der Waals surface area (Å²) in [5.41, 5.74) is 4.59. The first-order valence-corrected chi connectivity index (χ1v) is 5.78. The van der Waals surface area contributed by atoms with Crippen LogP contribution in [0.3, 0.4) is 0 Å². The molecule has 3 atom stereocenters. The van der Waals surface area contributed by atoms with E-state index in [1.165, 1.54) is 6.92 Å². The van der Waals surface area contributed by atoms with Crippen LogP contribution in [0.4, 0.5) is 4.39 Å². The molecule has 21 heavy (non-hydrogen) atoms. The molecule has 1 heterocycles. The molecule has 10 nitrogen and oxygen atoms in total. The number of hydrogen-bond donors (Lipinski definition) is 3. The van der Waals surface area contributed by atoms with Crippen molar-refractivity contribution in [2.75, 3.05) is 13.3 Å². The van der Waals surface area contributed by atoms with Crippen LogP contribution in [0.1, 0.15) is 13.2 Å². The fraction of sp³-hybridized carbons (Fsp3) is 0.600. The zero-order valence-electron chi connectivity index (χ0n) is 11.0. The van der Waals surface area contributed by atoms with Crippen LogP contribution in [0.25, 0.3) is 10.4 Å². The second-order valence-corrected chi connectivity index (χ2v) is 4.17. The Morgan fingerprint density at radius 2 is 2.33 bits per heavy atom. The summed E-state index contributed by atoms with van der Waals surface area (Å²) in [5, 5.41) is 21.7. The fourth-order valence-corrected chi connectivity index (χ4v) is 1.59. The van der Waals surface area contributed by atoms with Crippen molar-refractivity contribution in [3.05, 3.63) is 43.5 Å². The molecule has 0 aliphatic rings. The zero-order chi connectivity index (χ0) is 16.0. The smallest absolute Gasteiger partial charge is 0.330 e. The van der Waals surface area contributed by atoms with Crippen molar-refractivity contribution in [3.8, 4) is 0 Å². The molecule has 0 spiro atoms. The van der Waals surface area contributed by atoms with Gasteiger partial charge in [0.2, 0.25) is 0 Å². The van der Waals surface area contributed by atoms with Gasteiger partial charge in [0.05, 0.1) is 6.61 Å². The number of hydrogen-bond acceptors (Lipinski definition) is 6. The van der Waals surface area contributed by atoms with Gasteiger partial charge in [-0.15, -0.1) is 0 Å². The van der Waals surface area contributed by atoms with Crippen molar-refractivity contribution in [1.29, 1.82) is 0 Å². The van der Waals surface area contributed by atoms with Crippen LogP contribution in [0.5, 0.6) is 0 Å². The molecule has 1 aromatic rings. The molecule has 0 bridgehead atoms. The van der Waals surface area contributed by atoms with Gasteiger partial charge >= 0.3 is 5.69 Å². The van der Waals surface area contributed by atoms with E-state index in [1.807, 2.05) is 4.98 Å². The number of nitrogens with one attached hydrogen (secondary N) is 1. The lowest BCUT2D eigenvalue weighted by atomic mass is 10.1. The molecule has 0 aromatic carbocycles. The molecular formula is C10H14FN5O5. The molecule has 1 rings (SSSR count). The van der Waals surface area contributed by atoms with E-state index in [4.69, 9.17) is 10.3 Å². The minimum Gasteiger partial charge on any atom is -0.393 e. The molecule has 0 saturated heterocycles. The van der Waals surface area contributed by atoms with Gasteiger partial charge in [-0.25, -0.2) is 9.18 Å². The van der Waals surface area contributed by atoms with E-state index in [-0.39, 0.29) is 0 Å². The van der Waals surface area contributed by atoms with Gasteiger partial charge < -0.3 is 14.9 Å².